The number of quaternary nitrogens is 1. The highest BCUT2D eigenvalue weighted by atomic mass is 16.2. The number of rotatable bonds is 1. The molecule has 0 heterocycles. The number of hydrogen-bond donors (Lipinski definition) is 1. The second-order valence-corrected chi connectivity index (χ2v) is 5.06. The van der Waals surface area contributed by atoms with Crippen molar-refractivity contribution in [1.29, 1.82) is 0 Å². The molecule has 0 aromatic heterocycles. The molecule has 3 rings (SSSR count). The Labute approximate surface area is 112 Å². The molecule has 0 radical (unpaired) electrons. The molecule has 0 bridgehead atoms. The van der Waals surface area contributed by atoms with E-state index in [0.717, 1.165) is 21.2 Å². The molecule has 1 amide bonds. The maximum absolute atomic E-state index is 12.3. The fourth-order valence-electron chi connectivity index (χ4n) is 2.43. The first-order valence-electron chi connectivity index (χ1n) is 6.43. The maximum Gasteiger partial charge on any atom is 0.344 e. The monoisotopic (exact) mass is 250 g/mol. The van der Waals surface area contributed by atoms with Crippen molar-refractivity contribution < 1.29 is 9.69 Å². The molecule has 0 saturated carbocycles. The van der Waals surface area contributed by atoms with E-state index in [-0.39, 0.29) is 5.91 Å². The second kappa shape index (κ2) is 4.48. The van der Waals surface area contributed by atoms with Crippen molar-refractivity contribution in [3.63, 3.8) is 0 Å². The lowest BCUT2D eigenvalue weighted by Crippen LogP contribution is -3.08. The molecular formula is C17H16NO+. The Hall–Kier alpha value is -2.19. The van der Waals surface area contributed by atoms with Gasteiger partial charge in [-0.25, -0.2) is 4.79 Å². The number of hydrogen-bond acceptors (Lipinski definition) is 1. The molecule has 94 valence electrons. The van der Waals surface area contributed by atoms with Crippen LogP contribution in [0, 0.1) is 0 Å². The highest BCUT2D eigenvalue weighted by molar-refractivity contribution is 6.08. The normalized spacial score (nSPS) is 11.3. The van der Waals surface area contributed by atoms with E-state index in [2.05, 4.69) is 30.3 Å². The quantitative estimate of drug-likeness (QED) is 0.657. The van der Waals surface area contributed by atoms with Gasteiger partial charge in [-0.15, -0.1) is 0 Å². The molecular weight excluding hydrogens is 234 g/mol. The van der Waals surface area contributed by atoms with Crippen LogP contribution in [0.4, 0.5) is 0 Å². The molecule has 3 aromatic carbocycles. The Balaban J connectivity index is 2.35. The number of fused-ring (bicyclic) bond motifs is 2. The second-order valence-electron chi connectivity index (χ2n) is 5.06. The van der Waals surface area contributed by atoms with Crippen LogP contribution in [0.5, 0.6) is 0 Å². The van der Waals surface area contributed by atoms with E-state index < -0.39 is 0 Å². The highest BCUT2D eigenvalue weighted by Crippen LogP contribution is 2.25. The Morgan fingerprint density at radius 3 is 2.16 bits per heavy atom. The predicted octanol–water partition coefficient (Wildman–Crippen LogP) is 2.28. The van der Waals surface area contributed by atoms with E-state index in [4.69, 9.17) is 0 Å². The Bertz CT molecular complexity index is 774. The largest absolute Gasteiger partial charge is 0.344 e. The van der Waals surface area contributed by atoms with Crippen LogP contribution in [0.1, 0.15) is 10.4 Å². The lowest BCUT2D eigenvalue weighted by molar-refractivity contribution is -0.767. The van der Waals surface area contributed by atoms with Gasteiger partial charge >= 0.3 is 5.91 Å². The van der Waals surface area contributed by atoms with Gasteiger partial charge in [0.1, 0.15) is 0 Å². The first kappa shape index (κ1) is 11.9. The molecule has 2 nitrogen and oxygen atoms in total. The van der Waals surface area contributed by atoms with Crippen LogP contribution in [0.15, 0.2) is 54.6 Å². The van der Waals surface area contributed by atoms with E-state index in [1.54, 1.807) is 0 Å². The number of carbonyl (C=O) groups is 1. The summed E-state index contributed by atoms with van der Waals surface area (Å²) in [6, 6.07) is 18.4. The molecule has 0 fully saturated rings. The van der Waals surface area contributed by atoms with Crippen molar-refractivity contribution in [3.8, 4) is 0 Å². The number of amides is 1. The first-order valence-corrected chi connectivity index (χ1v) is 6.43. The highest BCUT2D eigenvalue weighted by Gasteiger charge is 2.16. The Morgan fingerprint density at radius 1 is 0.842 bits per heavy atom. The summed E-state index contributed by atoms with van der Waals surface area (Å²) in [5.74, 6) is 0.126. The van der Waals surface area contributed by atoms with Crippen molar-refractivity contribution in [3.05, 3.63) is 60.2 Å². The number of nitrogens with one attached hydrogen (secondary N) is 1. The van der Waals surface area contributed by atoms with Crippen molar-refractivity contribution in [2.45, 2.75) is 0 Å². The average molecular weight is 250 g/mol. The van der Waals surface area contributed by atoms with Crippen LogP contribution in [0.25, 0.3) is 21.5 Å². The van der Waals surface area contributed by atoms with Gasteiger partial charge < -0.3 is 0 Å². The van der Waals surface area contributed by atoms with E-state index >= 15 is 0 Å². The number of benzene rings is 3. The summed E-state index contributed by atoms with van der Waals surface area (Å²) < 4.78 is 0. The summed E-state index contributed by atoms with van der Waals surface area (Å²) in [5, 5.41) is 4.53. The van der Waals surface area contributed by atoms with Crippen LogP contribution in [-0.4, -0.2) is 20.0 Å². The zero-order chi connectivity index (χ0) is 13.4. The maximum atomic E-state index is 12.3. The summed E-state index contributed by atoms with van der Waals surface area (Å²) in [7, 11) is 3.73. The third-order valence-corrected chi connectivity index (χ3v) is 3.45. The third kappa shape index (κ3) is 2.00. The van der Waals surface area contributed by atoms with Gasteiger partial charge in [-0.3, -0.25) is 4.90 Å². The third-order valence-electron chi connectivity index (χ3n) is 3.45. The van der Waals surface area contributed by atoms with Gasteiger partial charge in [-0.05, 0) is 39.7 Å². The van der Waals surface area contributed by atoms with Gasteiger partial charge in [0, 0.05) is 0 Å². The van der Waals surface area contributed by atoms with E-state index in [0.29, 0.717) is 0 Å². The zero-order valence-corrected chi connectivity index (χ0v) is 11.1. The van der Waals surface area contributed by atoms with Gasteiger partial charge in [-0.1, -0.05) is 36.4 Å². The summed E-state index contributed by atoms with van der Waals surface area (Å²) in [6.07, 6.45) is 0. The number of carbonyl (C=O) groups excluding carboxylic acids is 1. The van der Waals surface area contributed by atoms with Gasteiger partial charge in [0.15, 0.2) is 0 Å². The molecule has 0 aliphatic rings. The minimum absolute atomic E-state index is 0.126. The molecule has 0 atom stereocenters. The van der Waals surface area contributed by atoms with Crippen LogP contribution < -0.4 is 4.90 Å². The average Bonchev–Trinajstić information content (AvgIpc) is 2.43. The topological polar surface area (TPSA) is 21.5 Å². The Morgan fingerprint density at radius 2 is 1.47 bits per heavy atom. The van der Waals surface area contributed by atoms with Crippen LogP contribution >= 0.6 is 0 Å². The summed E-state index contributed by atoms with van der Waals surface area (Å²) in [5.41, 5.74) is 0.795. The van der Waals surface area contributed by atoms with E-state index in [1.165, 1.54) is 10.8 Å². The molecule has 0 spiro atoms. The van der Waals surface area contributed by atoms with Gasteiger partial charge in [0.25, 0.3) is 0 Å². The van der Waals surface area contributed by atoms with Crippen molar-refractivity contribution in [2.24, 2.45) is 0 Å². The van der Waals surface area contributed by atoms with Crippen LogP contribution in [0.2, 0.25) is 0 Å². The minimum Gasteiger partial charge on any atom is -0.272 e. The fraction of sp³-hybridized carbons (Fsp3) is 0.118. The van der Waals surface area contributed by atoms with Crippen LogP contribution in [-0.2, 0) is 0 Å². The molecule has 3 aromatic rings. The van der Waals surface area contributed by atoms with Crippen molar-refractivity contribution in [2.75, 3.05) is 14.1 Å². The SMILES string of the molecule is C[NH+](C)C(=O)c1cccc2cc3ccccc3cc12. The summed E-state index contributed by atoms with van der Waals surface area (Å²) >= 11 is 0. The van der Waals surface area contributed by atoms with Gasteiger partial charge in [-0.2, -0.15) is 0 Å². The lowest BCUT2D eigenvalue weighted by Gasteiger charge is -2.09. The fourth-order valence-corrected chi connectivity index (χ4v) is 2.43. The summed E-state index contributed by atoms with van der Waals surface area (Å²) in [4.78, 5) is 13.1. The molecule has 19 heavy (non-hydrogen) atoms. The smallest absolute Gasteiger partial charge is 0.272 e. The molecule has 0 unspecified atom stereocenters. The van der Waals surface area contributed by atoms with Crippen LogP contribution in [0.3, 0.4) is 0 Å². The summed E-state index contributed by atoms with van der Waals surface area (Å²) in [6.45, 7) is 0. The van der Waals surface area contributed by atoms with E-state index in [9.17, 15) is 4.79 Å². The van der Waals surface area contributed by atoms with Gasteiger partial charge in [0.05, 0.1) is 19.7 Å². The van der Waals surface area contributed by atoms with Crippen molar-refractivity contribution >= 4 is 27.5 Å². The molecule has 1 N–H and O–H groups in total. The molecule has 0 aliphatic heterocycles. The standard InChI is InChI=1S/C17H15NO/c1-18(2)17(19)15-9-5-8-14-10-12-6-3-4-7-13(12)11-16(14)15/h3-11H,1-2H3/p+1. The van der Waals surface area contributed by atoms with E-state index in [1.807, 2.05) is 38.4 Å². The molecule has 0 saturated heterocycles. The lowest BCUT2D eigenvalue weighted by atomic mass is 9.99. The first-order chi connectivity index (χ1) is 9.16. The van der Waals surface area contributed by atoms with Crippen molar-refractivity contribution in [1.82, 2.24) is 0 Å². The van der Waals surface area contributed by atoms with Gasteiger partial charge in [0.2, 0.25) is 0 Å². The molecule has 2 heteroatoms. The zero-order valence-electron chi connectivity index (χ0n) is 11.1. The Kier molecular flexibility index (Phi) is 2.80. The predicted molar refractivity (Wildman–Crippen MR) is 78.6 cm³/mol. The minimum atomic E-state index is 0.126. The molecule has 0 aliphatic carbocycles.